The lowest BCUT2D eigenvalue weighted by atomic mass is 10.2. The van der Waals surface area contributed by atoms with Gasteiger partial charge in [-0.3, -0.25) is 10.2 Å². The maximum Gasteiger partial charge on any atom is 0.266 e. The van der Waals surface area contributed by atoms with Gasteiger partial charge in [-0.1, -0.05) is 34.8 Å². The summed E-state index contributed by atoms with van der Waals surface area (Å²) >= 11 is 17.1. The third kappa shape index (κ3) is 2.06. The first kappa shape index (κ1) is 10.6. The molecule has 0 aliphatic heterocycles. The van der Waals surface area contributed by atoms with Crippen LogP contribution in [0.25, 0.3) is 0 Å². The predicted molar refractivity (Wildman–Crippen MR) is 53.1 cm³/mol. The second kappa shape index (κ2) is 4.15. The molecule has 0 atom stereocenters. The molecule has 1 aromatic carbocycles. The smallest absolute Gasteiger partial charge is 0.266 e. The number of benzene rings is 1. The van der Waals surface area contributed by atoms with E-state index >= 15 is 0 Å². The van der Waals surface area contributed by atoms with Gasteiger partial charge in [-0.2, -0.15) is 0 Å². The van der Waals surface area contributed by atoms with Gasteiger partial charge in [0.05, 0.1) is 20.6 Å². The molecule has 0 radical (unpaired) electrons. The van der Waals surface area contributed by atoms with E-state index in [2.05, 4.69) is 0 Å². The van der Waals surface area contributed by atoms with Crippen LogP contribution in [0, 0.1) is 0 Å². The Morgan fingerprint density at radius 2 is 1.85 bits per heavy atom. The van der Waals surface area contributed by atoms with Crippen LogP contribution >= 0.6 is 34.8 Å². The van der Waals surface area contributed by atoms with Crippen LogP contribution in [0.15, 0.2) is 12.1 Å². The monoisotopic (exact) mass is 238 g/mol. The summed E-state index contributed by atoms with van der Waals surface area (Å²) in [6, 6.07) is 2.92. The van der Waals surface area contributed by atoms with Crippen LogP contribution in [0.1, 0.15) is 10.4 Å². The van der Waals surface area contributed by atoms with E-state index in [1.807, 2.05) is 5.43 Å². The SMILES string of the molecule is NNC(=O)c1ccc(Cl)c(Cl)c1Cl. The van der Waals surface area contributed by atoms with E-state index in [9.17, 15) is 4.79 Å². The second-order valence-corrected chi connectivity index (χ2v) is 3.36. The summed E-state index contributed by atoms with van der Waals surface area (Å²) in [6.07, 6.45) is 0. The number of hydrogen-bond donors (Lipinski definition) is 2. The van der Waals surface area contributed by atoms with Crippen LogP contribution in [0.2, 0.25) is 15.1 Å². The Bertz CT molecular complexity index is 354. The number of halogens is 3. The van der Waals surface area contributed by atoms with Crippen molar-refractivity contribution in [3.05, 3.63) is 32.8 Å². The summed E-state index contributed by atoms with van der Waals surface area (Å²) in [6.45, 7) is 0. The Kier molecular flexibility index (Phi) is 3.39. The zero-order chi connectivity index (χ0) is 10.0. The van der Waals surface area contributed by atoms with Gasteiger partial charge in [-0.25, -0.2) is 5.84 Å². The highest BCUT2D eigenvalue weighted by molar-refractivity contribution is 6.49. The van der Waals surface area contributed by atoms with Crippen molar-refractivity contribution in [3.63, 3.8) is 0 Å². The van der Waals surface area contributed by atoms with Crippen LogP contribution < -0.4 is 11.3 Å². The molecule has 1 amide bonds. The Hall–Kier alpha value is -0.480. The third-order valence-electron chi connectivity index (χ3n) is 1.41. The van der Waals surface area contributed by atoms with E-state index in [1.54, 1.807) is 0 Å². The van der Waals surface area contributed by atoms with E-state index in [1.165, 1.54) is 12.1 Å². The van der Waals surface area contributed by atoms with Gasteiger partial charge in [0.1, 0.15) is 0 Å². The first-order valence-electron chi connectivity index (χ1n) is 3.22. The molecule has 0 aliphatic rings. The van der Waals surface area contributed by atoms with Crippen LogP contribution in [0.3, 0.4) is 0 Å². The molecule has 0 aliphatic carbocycles. The summed E-state index contributed by atoms with van der Waals surface area (Å²) in [5.41, 5.74) is 2.14. The Morgan fingerprint density at radius 3 is 2.38 bits per heavy atom. The molecule has 0 bridgehead atoms. The minimum Gasteiger partial charge on any atom is -0.290 e. The van der Waals surface area contributed by atoms with E-state index in [4.69, 9.17) is 40.6 Å². The molecule has 1 rings (SSSR count). The Labute approximate surface area is 89.7 Å². The Morgan fingerprint density at radius 1 is 1.23 bits per heavy atom. The summed E-state index contributed by atoms with van der Waals surface area (Å²) in [5, 5.41) is 0.529. The van der Waals surface area contributed by atoms with Crippen molar-refractivity contribution in [2.45, 2.75) is 0 Å². The van der Waals surface area contributed by atoms with Gasteiger partial charge in [0, 0.05) is 0 Å². The second-order valence-electron chi connectivity index (χ2n) is 2.20. The summed E-state index contributed by atoms with van der Waals surface area (Å²) in [4.78, 5) is 11.1. The molecule has 6 heteroatoms. The van der Waals surface area contributed by atoms with Crippen molar-refractivity contribution in [2.24, 2.45) is 5.84 Å². The predicted octanol–water partition coefficient (Wildman–Crippen LogP) is 2.25. The van der Waals surface area contributed by atoms with E-state index in [-0.39, 0.29) is 15.6 Å². The molecule has 3 N–H and O–H groups in total. The largest absolute Gasteiger partial charge is 0.290 e. The highest BCUT2D eigenvalue weighted by atomic mass is 35.5. The number of nitrogens with two attached hydrogens (primary N) is 1. The van der Waals surface area contributed by atoms with Crippen LogP contribution in [0.5, 0.6) is 0 Å². The highest BCUT2D eigenvalue weighted by Gasteiger charge is 2.13. The summed E-state index contributed by atoms with van der Waals surface area (Å²) in [5.74, 6) is 4.42. The van der Waals surface area contributed by atoms with Gasteiger partial charge in [0.25, 0.3) is 5.91 Å². The number of carbonyl (C=O) groups is 1. The van der Waals surface area contributed by atoms with Crippen molar-refractivity contribution in [1.29, 1.82) is 0 Å². The number of rotatable bonds is 1. The van der Waals surface area contributed by atoms with Crippen molar-refractivity contribution in [2.75, 3.05) is 0 Å². The standard InChI is InChI=1S/C7H5Cl3N2O/c8-4-2-1-3(7(13)12-11)5(9)6(4)10/h1-2H,11H2,(H,12,13). The molecule has 1 aromatic rings. The fourth-order valence-corrected chi connectivity index (χ4v) is 1.40. The van der Waals surface area contributed by atoms with Gasteiger partial charge in [0.2, 0.25) is 0 Å². The molecule has 3 nitrogen and oxygen atoms in total. The third-order valence-corrected chi connectivity index (χ3v) is 2.70. The molecular formula is C7H5Cl3N2O. The fourth-order valence-electron chi connectivity index (χ4n) is 0.779. The highest BCUT2D eigenvalue weighted by Crippen LogP contribution is 2.32. The van der Waals surface area contributed by atoms with Crippen molar-refractivity contribution in [3.8, 4) is 0 Å². The van der Waals surface area contributed by atoms with Gasteiger partial charge in [-0.05, 0) is 12.1 Å². The topological polar surface area (TPSA) is 55.1 Å². The fraction of sp³-hybridized carbons (Fsp3) is 0. The number of amides is 1. The first-order chi connectivity index (χ1) is 6.07. The van der Waals surface area contributed by atoms with Gasteiger partial charge in [0.15, 0.2) is 0 Å². The zero-order valence-corrected chi connectivity index (χ0v) is 8.54. The van der Waals surface area contributed by atoms with Crippen LogP contribution in [-0.4, -0.2) is 5.91 Å². The molecule has 0 heterocycles. The maximum atomic E-state index is 11.1. The van der Waals surface area contributed by atoms with Gasteiger partial charge >= 0.3 is 0 Å². The zero-order valence-electron chi connectivity index (χ0n) is 6.27. The van der Waals surface area contributed by atoms with Crippen molar-refractivity contribution < 1.29 is 4.79 Å². The molecular weight excluding hydrogens is 234 g/mol. The molecule has 0 saturated heterocycles. The molecule has 0 saturated carbocycles. The number of hydrazine groups is 1. The summed E-state index contributed by atoms with van der Waals surface area (Å²) in [7, 11) is 0. The van der Waals surface area contributed by atoms with Crippen LogP contribution in [-0.2, 0) is 0 Å². The number of hydrogen-bond acceptors (Lipinski definition) is 2. The molecule has 0 fully saturated rings. The van der Waals surface area contributed by atoms with E-state index < -0.39 is 5.91 Å². The average molecular weight is 239 g/mol. The van der Waals surface area contributed by atoms with E-state index in [0.717, 1.165) is 0 Å². The van der Waals surface area contributed by atoms with Gasteiger partial charge < -0.3 is 0 Å². The lowest BCUT2D eigenvalue weighted by molar-refractivity contribution is 0.0954. The maximum absolute atomic E-state index is 11.1. The lowest BCUT2D eigenvalue weighted by Crippen LogP contribution is -2.30. The first-order valence-corrected chi connectivity index (χ1v) is 4.35. The Balaban J connectivity index is 3.26. The molecule has 0 unspecified atom stereocenters. The molecule has 0 aromatic heterocycles. The van der Waals surface area contributed by atoms with Crippen molar-refractivity contribution >= 4 is 40.7 Å². The molecule has 0 spiro atoms. The van der Waals surface area contributed by atoms with E-state index in [0.29, 0.717) is 5.02 Å². The number of nitrogens with one attached hydrogen (secondary N) is 1. The molecule has 13 heavy (non-hydrogen) atoms. The summed E-state index contributed by atoms with van der Waals surface area (Å²) < 4.78 is 0. The lowest BCUT2D eigenvalue weighted by Gasteiger charge is -2.04. The number of carbonyl (C=O) groups excluding carboxylic acids is 1. The normalized spacial score (nSPS) is 9.85. The quantitative estimate of drug-likeness (QED) is 0.342. The van der Waals surface area contributed by atoms with Gasteiger partial charge in [-0.15, -0.1) is 0 Å². The van der Waals surface area contributed by atoms with Crippen molar-refractivity contribution in [1.82, 2.24) is 5.43 Å². The van der Waals surface area contributed by atoms with Crippen LogP contribution in [0.4, 0.5) is 0 Å². The average Bonchev–Trinajstić information content (AvgIpc) is 2.13. The molecule has 70 valence electrons. The number of nitrogen functional groups attached to an aromatic ring is 1. The minimum absolute atomic E-state index is 0.0946. The minimum atomic E-state index is -0.511.